The minimum atomic E-state index is -0.393. The Hall–Kier alpha value is -2.23. The summed E-state index contributed by atoms with van der Waals surface area (Å²) in [6, 6.07) is 9.64. The lowest BCUT2D eigenvalue weighted by atomic mass is 10.1. The highest BCUT2D eigenvalue weighted by Gasteiger charge is 2.37. The van der Waals surface area contributed by atoms with E-state index >= 15 is 0 Å². The van der Waals surface area contributed by atoms with E-state index in [2.05, 4.69) is 21.1 Å². The molecule has 1 aromatic carbocycles. The summed E-state index contributed by atoms with van der Waals surface area (Å²) < 4.78 is 5.44. The minimum absolute atomic E-state index is 0.0595. The van der Waals surface area contributed by atoms with Gasteiger partial charge in [-0.3, -0.25) is 4.90 Å². The Morgan fingerprint density at radius 3 is 3.04 bits per heavy atom. The molecule has 1 N–H and O–H groups in total. The monoisotopic (exact) mass is 310 g/mol. The van der Waals surface area contributed by atoms with Gasteiger partial charge in [-0.1, -0.05) is 17.3 Å². The first kappa shape index (κ1) is 14.4. The van der Waals surface area contributed by atoms with Crippen molar-refractivity contribution in [3.05, 3.63) is 47.1 Å². The maximum Gasteiger partial charge on any atom is 0.244 e. The Bertz CT molecular complexity index is 747. The average Bonchev–Trinajstić information content (AvgIpc) is 3.18. The van der Waals surface area contributed by atoms with Crippen LogP contribution < -0.4 is 0 Å². The van der Waals surface area contributed by atoms with Gasteiger partial charge in [0.15, 0.2) is 5.82 Å². The average molecular weight is 310 g/mol. The van der Waals surface area contributed by atoms with Gasteiger partial charge in [-0.2, -0.15) is 10.2 Å². The topological polar surface area (TPSA) is 86.2 Å². The SMILES string of the molecule is N#Cc1cccc(CN2C[C@H](O)C[C@H]2c2nc(C3CC3)no2)c1. The highest BCUT2D eigenvalue weighted by molar-refractivity contribution is 5.32. The fraction of sp³-hybridized carbons (Fsp3) is 0.471. The minimum Gasteiger partial charge on any atom is -0.392 e. The first-order valence-corrected chi connectivity index (χ1v) is 7.97. The predicted molar refractivity (Wildman–Crippen MR) is 81.2 cm³/mol. The van der Waals surface area contributed by atoms with E-state index in [9.17, 15) is 5.11 Å². The van der Waals surface area contributed by atoms with Crippen LogP contribution in [0.25, 0.3) is 0 Å². The number of nitrogens with zero attached hydrogens (tertiary/aromatic N) is 4. The van der Waals surface area contributed by atoms with Crippen LogP contribution in [-0.2, 0) is 6.54 Å². The maximum absolute atomic E-state index is 10.1. The van der Waals surface area contributed by atoms with E-state index in [1.54, 1.807) is 6.07 Å². The Balaban J connectivity index is 1.54. The van der Waals surface area contributed by atoms with Gasteiger partial charge >= 0.3 is 0 Å². The van der Waals surface area contributed by atoms with Crippen molar-refractivity contribution in [2.24, 2.45) is 0 Å². The second-order valence-corrected chi connectivity index (χ2v) is 6.41. The molecule has 2 aliphatic rings. The maximum atomic E-state index is 10.1. The van der Waals surface area contributed by atoms with Crippen LogP contribution in [0.15, 0.2) is 28.8 Å². The van der Waals surface area contributed by atoms with E-state index in [-0.39, 0.29) is 6.04 Å². The number of likely N-dealkylation sites (tertiary alicyclic amines) is 1. The Morgan fingerprint density at radius 2 is 2.26 bits per heavy atom. The van der Waals surface area contributed by atoms with E-state index in [0.29, 0.717) is 36.9 Å². The van der Waals surface area contributed by atoms with Gasteiger partial charge in [-0.15, -0.1) is 0 Å². The molecule has 0 unspecified atom stereocenters. The largest absolute Gasteiger partial charge is 0.392 e. The third-order valence-corrected chi connectivity index (χ3v) is 4.51. The first-order valence-electron chi connectivity index (χ1n) is 7.97. The highest BCUT2D eigenvalue weighted by Crippen LogP contribution is 2.40. The van der Waals surface area contributed by atoms with Crippen molar-refractivity contribution in [3.8, 4) is 6.07 Å². The molecule has 6 nitrogen and oxygen atoms in total. The number of aliphatic hydroxyl groups is 1. The lowest BCUT2D eigenvalue weighted by molar-refractivity contribution is 0.169. The summed E-state index contributed by atoms with van der Waals surface area (Å²) in [6.45, 7) is 1.22. The zero-order chi connectivity index (χ0) is 15.8. The first-order chi connectivity index (χ1) is 11.2. The lowest BCUT2D eigenvalue weighted by Gasteiger charge is -2.21. The van der Waals surface area contributed by atoms with Gasteiger partial charge in [0.2, 0.25) is 5.89 Å². The number of nitriles is 1. The van der Waals surface area contributed by atoms with E-state index in [1.165, 1.54) is 0 Å². The van der Waals surface area contributed by atoms with Crippen molar-refractivity contribution >= 4 is 0 Å². The third-order valence-electron chi connectivity index (χ3n) is 4.51. The number of aromatic nitrogens is 2. The molecular weight excluding hydrogens is 292 g/mol. The van der Waals surface area contributed by atoms with Crippen molar-refractivity contribution in [2.45, 2.75) is 43.9 Å². The Kier molecular flexibility index (Phi) is 3.60. The molecule has 0 bridgehead atoms. The molecule has 4 rings (SSSR count). The molecule has 0 spiro atoms. The Labute approximate surface area is 134 Å². The summed E-state index contributed by atoms with van der Waals surface area (Å²) in [5, 5.41) is 23.2. The van der Waals surface area contributed by atoms with Gasteiger partial charge in [-0.05, 0) is 37.0 Å². The van der Waals surface area contributed by atoms with Crippen molar-refractivity contribution in [1.29, 1.82) is 5.26 Å². The van der Waals surface area contributed by atoms with Crippen molar-refractivity contribution in [1.82, 2.24) is 15.0 Å². The van der Waals surface area contributed by atoms with Crippen LogP contribution in [0.1, 0.15) is 54.1 Å². The smallest absolute Gasteiger partial charge is 0.244 e. The zero-order valence-electron chi connectivity index (χ0n) is 12.7. The van der Waals surface area contributed by atoms with Gasteiger partial charge in [0.25, 0.3) is 0 Å². The fourth-order valence-electron chi connectivity index (χ4n) is 3.17. The normalized spacial score (nSPS) is 24.7. The molecule has 2 fully saturated rings. The van der Waals surface area contributed by atoms with Crippen molar-refractivity contribution in [3.63, 3.8) is 0 Å². The van der Waals surface area contributed by atoms with Crippen LogP contribution >= 0.6 is 0 Å². The second-order valence-electron chi connectivity index (χ2n) is 6.41. The van der Waals surface area contributed by atoms with Crippen LogP contribution in [0.2, 0.25) is 0 Å². The molecule has 0 radical (unpaired) electrons. The molecule has 0 amide bonds. The number of β-amino-alcohol motifs (C(OH)–C–C–N with tert-alkyl or cyclic N) is 1. The third kappa shape index (κ3) is 2.98. The van der Waals surface area contributed by atoms with E-state index in [4.69, 9.17) is 9.78 Å². The quantitative estimate of drug-likeness (QED) is 0.931. The summed E-state index contributed by atoms with van der Waals surface area (Å²) in [5.41, 5.74) is 1.69. The number of aliphatic hydroxyl groups excluding tert-OH is 1. The van der Waals surface area contributed by atoms with Gasteiger partial charge in [-0.25, -0.2) is 0 Å². The molecule has 1 saturated heterocycles. The standard InChI is InChI=1S/C17H18N4O2/c18-8-11-2-1-3-12(6-11)9-21-10-14(22)7-15(21)17-19-16(20-23-17)13-4-5-13/h1-3,6,13-15,22H,4-5,7,9-10H2/t14-,15+/m1/s1. The molecule has 2 atom stereocenters. The van der Waals surface area contributed by atoms with Crippen LogP contribution in [-0.4, -0.2) is 32.8 Å². The van der Waals surface area contributed by atoms with Crippen molar-refractivity contribution in [2.75, 3.05) is 6.54 Å². The molecule has 6 heteroatoms. The number of benzene rings is 1. The fourth-order valence-corrected chi connectivity index (χ4v) is 3.17. The van der Waals surface area contributed by atoms with Gasteiger partial charge < -0.3 is 9.63 Å². The summed E-state index contributed by atoms with van der Waals surface area (Å²) in [7, 11) is 0. The Morgan fingerprint density at radius 1 is 1.39 bits per heavy atom. The van der Waals surface area contributed by atoms with Crippen LogP contribution in [0.5, 0.6) is 0 Å². The summed E-state index contributed by atoms with van der Waals surface area (Å²) in [4.78, 5) is 6.68. The second kappa shape index (κ2) is 5.76. The molecule has 118 valence electrons. The summed E-state index contributed by atoms with van der Waals surface area (Å²) in [5.74, 6) is 1.85. The van der Waals surface area contributed by atoms with Crippen LogP contribution in [0.4, 0.5) is 0 Å². The van der Waals surface area contributed by atoms with Gasteiger partial charge in [0, 0.05) is 19.0 Å². The van der Waals surface area contributed by atoms with Crippen LogP contribution in [0.3, 0.4) is 0 Å². The summed E-state index contributed by atoms with van der Waals surface area (Å²) in [6.07, 6.45) is 2.48. The highest BCUT2D eigenvalue weighted by atomic mass is 16.5. The molecule has 2 aromatic rings. The molecule has 2 heterocycles. The number of rotatable bonds is 4. The van der Waals surface area contributed by atoms with Crippen LogP contribution in [0, 0.1) is 11.3 Å². The number of hydrogen-bond donors (Lipinski definition) is 1. The molecule has 1 aromatic heterocycles. The predicted octanol–water partition coefficient (Wildman–Crippen LogP) is 2.13. The van der Waals surface area contributed by atoms with E-state index < -0.39 is 6.10 Å². The molecular formula is C17H18N4O2. The van der Waals surface area contributed by atoms with Crippen molar-refractivity contribution < 1.29 is 9.63 Å². The molecule has 23 heavy (non-hydrogen) atoms. The number of hydrogen-bond acceptors (Lipinski definition) is 6. The summed E-state index contributed by atoms with van der Waals surface area (Å²) >= 11 is 0. The molecule has 1 saturated carbocycles. The van der Waals surface area contributed by atoms with E-state index in [0.717, 1.165) is 24.2 Å². The zero-order valence-corrected chi connectivity index (χ0v) is 12.7. The van der Waals surface area contributed by atoms with E-state index in [1.807, 2.05) is 18.2 Å². The molecule has 1 aliphatic heterocycles. The molecule has 1 aliphatic carbocycles. The lowest BCUT2D eigenvalue weighted by Crippen LogP contribution is -2.24. The van der Waals surface area contributed by atoms with Gasteiger partial charge in [0.1, 0.15) is 0 Å². The van der Waals surface area contributed by atoms with Gasteiger partial charge in [0.05, 0.1) is 23.8 Å².